The van der Waals surface area contributed by atoms with Crippen molar-refractivity contribution < 1.29 is 4.79 Å². The summed E-state index contributed by atoms with van der Waals surface area (Å²) in [5, 5.41) is 6.41. The third-order valence-electron chi connectivity index (χ3n) is 4.12. The van der Waals surface area contributed by atoms with E-state index in [4.69, 9.17) is 0 Å². The number of nitrogens with one attached hydrogen (secondary N) is 2. The fourth-order valence-electron chi connectivity index (χ4n) is 2.77. The molecule has 0 bridgehead atoms. The third kappa shape index (κ3) is 4.55. The van der Waals surface area contributed by atoms with Gasteiger partial charge in [0.1, 0.15) is 0 Å². The summed E-state index contributed by atoms with van der Waals surface area (Å²) in [6.07, 6.45) is 0. The molecule has 0 heterocycles. The molecule has 3 aromatic carbocycles. The number of hydrogen-bond donors (Lipinski definition) is 2. The summed E-state index contributed by atoms with van der Waals surface area (Å²) in [5.41, 5.74) is 3.07. The van der Waals surface area contributed by atoms with Gasteiger partial charge in [0.15, 0.2) is 0 Å². The fraction of sp³-hybridized carbons (Fsp3) is 0.136. The van der Waals surface area contributed by atoms with Crippen LogP contribution in [0.2, 0.25) is 0 Å². The zero-order chi connectivity index (χ0) is 17.5. The van der Waals surface area contributed by atoms with E-state index >= 15 is 0 Å². The Labute approximate surface area is 148 Å². The Morgan fingerprint density at radius 1 is 0.720 bits per heavy atom. The minimum Gasteiger partial charge on any atom is -0.325 e. The molecule has 0 saturated heterocycles. The van der Waals surface area contributed by atoms with Crippen molar-refractivity contribution in [3.63, 3.8) is 0 Å². The molecule has 0 saturated carbocycles. The van der Waals surface area contributed by atoms with Gasteiger partial charge in [0.2, 0.25) is 5.91 Å². The Morgan fingerprint density at radius 2 is 1.16 bits per heavy atom. The van der Waals surface area contributed by atoms with Crippen molar-refractivity contribution in [2.45, 2.75) is 19.0 Å². The molecule has 0 fully saturated rings. The maximum Gasteiger partial charge on any atom is 0.241 e. The van der Waals surface area contributed by atoms with E-state index in [1.807, 2.05) is 73.7 Å². The second-order valence-electron chi connectivity index (χ2n) is 6.00. The Hall–Kier alpha value is -2.91. The molecule has 0 aliphatic heterocycles. The lowest BCUT2D eigenvalue weighted by molar-refractivity contribution is -0.117. The second-order valence-corrected chi connectivity index (χ2v) is 6.00. The van der Waals surface area contributed by atoms with Crippen molar-refractivity contribution in [3.8, 4) is 0 Å². The molecular formula is C22H22N2O. The lowest BCUT2D eigenvalue weighted by Crippen LogP contribution is -2.40. The highest BCUT2D eigenvalue weighted by molar-refractivity contribution is 5.94. The van der Waals surface area contributed by atoms with Gasteiger partial charge >= 0.3 is 0 Å². The minimum atomic E-state index is -0.342. The van der Waals surface area contributed by atoms with Crippen molar-refractivity contribution >= 4 is 11.6 Å². The Morgan fingerprint density at radius 3 is 1.64 bits per heavy atom. The van der Waals surface area contributed by atoms with E-state index in [9.17, 15) is 4.79 Å². The molecule has 0 aromatic heterocycles. The number of amides is 1. The van der Waals surface area contributed by atoms with E-state index in [-0.39, 0.29) is 18.0 Å². The van der Waals surface area contributed by atoms with Gasteiger partial charge in [-0.1, -0.05) is 78.9 Å². The van der Waals surface area contributed by atoms with E-state index < -0.39 is 0 Å². The first-order valence-corrected chi connectivity index (χ1v) is 8.46. The molecule has 0 aliphatic rings. The molecule has 3 nitrogen and oxygen atoms in total. The first kappa shape index (κ1) is 16.9. The SMILES string of the molecule is CC(NC(c1ccccc1)c1ccccc1)C(=O)Nc1ccccc1. The van der Waals surface area contributed by atoms with Gasteiger partial charge in [0.25, 0.3) is 0 Å². The van der Waals surface area contributed by atoms with Crippen LogP contribution in [0.1, 0.15) is 24.1 Å². The topological polar surface area (TPSA) is 41.1 Å². The maximum atomic E-state index is 12.5. The highest BCUT2D eigenvalue weighted by Crippen LogP contribution is 2.22. The second kappa shape index (κ2) is 8.27. The van der Waals surface area contributed by atoms with Gasteiger partial charge in [-0.15, -0.1) is 0 Å². The summed E-state index contributed by atoms with van der Waals surface area (Å²) in [7, 11) is 0. The van der Waals surface area contributed by atoms with Gasteiger partial charge in [0, 0.05) is 5.69 Å². The number of carbonyl (C=O) groups excluding carboxylic acids is 1. The fourth-order valence-corrected chi connectivity index (χ4v) is 2.77. The average Bonchev–Trinajstić information content (AvgIpc) is 2.68. The maximum absolute atomic E-state index is 12.5. The van der Waals surface area contributed by atoms with Crippen LogP contribution in [0.4, 0.5) is 5.69 Å². The highest BCUT2D eigenvalue weighted by atomic mass is 16.2. The number of rotatable bonds is 6. The summed E-state index contributed by atoms with van der Waals surface area (Å²) < 4.78 is 0. The van der Waals surface area contributed by atoms with Gasteiger partial charge in [-0.05, 0) is 30.2 Å². The summed E-state index contributed by atoms with van der Waals surface area (Å²) >= 11 is 0. The number of carbonyl (C=O) groups is 1. The molecule has 1 amide bonds. The molecule has 1 atom stereocenters. The van der Waals surface area contributed by atoms with E-state index in [1.54, 1.807) is 0 Å². The number of benzene rings is 3. The summed E-state index contributed by atoms with van der Waals surface area (Å²) in [4.78, 5) is 12.5. The van der Waals surface area contributed by atoms with E-state index in [1.165, 1.54) is 0 Å². The van der Waals surface area contributed by atoms with Crippen LogP contribution in [0.3, 0.4) is 0 Å². The Kier molecular flexibility index (Phi) is 5.60. The van der Waals surface area contributed by atoms with Crippen LogP contribution in [0.5, 0.6) is 0 Å². The van der Waals surface area contributed by atoms with Crippen LogP contribution >= 0.6 is 0 Å². The molecule has 3 heteroatoms. The smallest absolute Gasteiger partial charge is 0.241 e. The molecule has 126 valence electrons. The van der Waals surface area contributed by atoms with Crippen LogP contribution in [0.15, 0.2) is 91.0 Å². The predicted octanol–water partition coefficient (Wildman–Crippen LogP) is 4.39. The van der Waals surface area contributed by atoms with E-state index in [0.717, 1.165) is 16.8 Å². The normalized spacial score (nSPS) is 11.9. The lowest BCUT2D eigenvalue weighted by Gasteiger charge is -2.24. The van der Waals surface area contributed by atoms with Crippen LogP contribution in [0.25, 0.3) is 0 Å². The minimum absolute atomic E-state index is 0.0427. The number of hydrogen-bond acceptors (Lipinski definition) is 2. The number of para-hydroxylation sites is 1. The third-order valence-corrected chi connectivity index (χ3v) is 4.12. The number of anilines is 1. The van der Waals surface area contributed by atoms with Crippen molar-refractivity contribution in [1.82, 2.24) is 5.32 Å². The zero-order valence-electron chi connectivity index (χ0n) is 14.2. The van der Waals surface area contributed by atoms with Gasteiger partial charge in [0.05, 0.1) is 12.1 Å². The summed E-state index contributed by atoms with van der Waals surface area (Å²) in [6, 6.07) is 29.5. The zero-order valence-corrected chi connectivity index (χ0v) is 14.2. The largest absolute Gasteiger partial charge is 0.325 e. The molecule has 1 unspecified atom stereocenters. The van der Waals surface area contributed by atoms with Crippen LogP contribution in [-0.2, 0) is 4.79 Å². The van der Waals surface area contributed by atoms with Gasteiger partial charge in [-0.3, -0.25) is 10.1 Å². The summed E-state index contributed by atoms with van der Waals surface area (Å²) in [5.74, 6) is -0.0527. The average molecular weight is 330 g/mol. The molecule has 25 heavy (non-hydrogen) atoms. The van der Waals surface area contributed by atoms with Crippen LogP contribution < -0.4 is 10.6 Å². The molecule has 2 N–H and O–H groups in total. The Balaban J connectivity index is 1.77. The van der Waals surface area contributed by atoms with Crippen molar-refractivity contribution in [3.05, 3.63) is 102 Å². The van der Waals surface area contributed by atoms with Gasteiger partial charge < -0.3 is 5.32 Å². The quantitative estimate of drug-likeness (QED) is 0.703. The molecule has 0 aliphatic carbocycles. The molecule has 3 rings (SSSR count). The predicted molar refractivity (Wildman–Crippen MR) is 102 cm³/mol. The molecule has 0 spiro atoms. The Bertz CT molecular complexity index is 749. The molecule has 3 aromatic rings. The summed E-state index contributed by atoms with van der Waals surface area (Å²) in [6.45, 7) is 1.89. The van der Waals surface area contributed by atoms with Crippen molar-refractivity contribution in [1.29, 1.82) is 0 Å². The standard InChI is InChI=1S/C22H22N2O/c1-17(22(25)24-20-15-9-4-10-16-20)23-21(18-11-5-2-6-12-18)19-13-7-3-8-14-19/h2-17,21,23H,1H3,(H,24,25). The van der Waals surface area contributed by atoms with E-state index in [2.05, 4.69) is 34.9 Å². The van der Waals surface area contributed by atoms with Gasteiger partial charge in [-0.2, -0.15) is 0 Å². The monoisotopic (exact) mass is 330 g/mol. The lowest BCUT2D eigenvalue weighted by atomic mass is 9.98. The van der Waals surface area contributed by atoms with E-state index in [0.29, 0.717) is 0 Å². The van der Waals surface area contributed by atoms with Gasteiger partial charge in [-0.25, -0.2) is 0 Å². The van der Waals surface area contributed by atoms with Crippen molar-refractivity contribution in [2.75, 3.05) is 5.32 Å². The van der Waals surface area contributed by atoms with Crippen molar-refractivity contribution in [2.24, 2.45) is 0 Å². The first-order chi connectivity index (χ1) is 12.2. The highest BCUT2D eigenvalue weighted by Gasteiger charge is 2.20. The molecule has 0 radical (unpaired) electrons. The van der Waals surface area contributed by atoms with Crippen LogP contribution in [0, 0.1) is 0 Å². The first-order valence-electron chi connectivity index (χ1n) is 8.46. The molecular weight excluding hydrogens is 308 g/mol. The van der Waals surface area contributed by atoms with Crippen LogP contribution in [-0.4, -0.2) is 11.9 Å².